The van der Waals surface area contributed by atoms with Crippen LogP contribution in [0.1, 0.15) is 30.0 Å². The first-order chi connectivity index (χ1) is 11.5. The van der Waals surface area contributed by atoms with Gasteiger partial charge < -0.3 is 5.32 Å². The number of imide groups is 1. The Morgan fingerprint density at radius 1 is 1.08 bits per heavy atom. The van der Waals surface area contributed by atoms with Gasteiger partial charge in [0.2, 0.25) is 5.91 Å². The second kappa shape index (κ2) is 6.48. The van der Waals surface area contributed by atoms with Gasteiger partial charge in [-0.25, -0.2) is 4.90 Å². The average molecular weight is 322 g/mol. The summed E-state index contributed by atoms with van der Waals surface area (Å²) in [5.41, 5.74) is 4.80. The first-order valence-corrected chi connectivity index (χ1v) is 8.30. The minimum Gasteiger partial charge on any atom is -0.373 e. The van der Waals surface area contributed by atoms with Crippen molar-refractivity contribution in [2.24, 2.45) is 0 Å². The molecule has 24 heavy (non-hydrogen) atoms. The molecule has 1 unspecified atom stereocenters. The van der Waals surface area contributed by atoms with E-state index in [1.54, 1.807) is 0 Å². The van der Waals surface area contributed by atoms with Crippen LogP contribution in [-0.4, -0.2) is 17.9 Å². The van der Waals surface area contributed by atoms with E-state index in [1.807, 2.05) is 56.3 Å². The van der Waals surface area contributed by atoms with Crippen molar-refractivity contribution in [1.29, 1.82) is 0 Å². The number of rotatable bonds is 4. The number of anilines is 2. The fourth-order valence-corrected chi connectivity index (χ4v) is 3.13. The zero-order chi connectivity index (χ0) is 17.3. The van der Waals surface area contributed by atoms with E-state index in [4.69, 9.17) is 0 Å². The topological polar surface area (TPSA) is 49.4 Å². The number of nitrogens with zero attached hydrogens (tertiary/aromatic N) is 1. The highest BCUT2D eigenvalue weighted by Crippen LogP contribution is 2.29. The van der Waals surface area contributed by atoms with Crippen LogP contribution in [0.15, 0.2) is 42.5 Å². The quantitative estimate of drug-likeness (QED) is 0.875. The molecule has 3 rings (SSSR count). The Bertz CT molecular complexity index is 798. The van der Waals surface area contributed by atoms with E-state index in [2.05, 4.69) is 12.2 Å². The first-order valence-electron chi connectivity index (χ1n) is 8.30. The van der Waals surface area contributed by atoms with Gasteiger partial charge in [0.05, 0.1) is 12.1 Å². The largest absolute Gasteiger partial charge is 0.373 e. The molecule has 1 atom stereocenters. The number of benzene rings is 2. The van der Waals surface area contributed by atoms with Crippen LogP contribution in [0.3, 0.4) is 0 Å². The molecular weight excluding hydrogens is 300 g/mol. The highest BCUT2D eigenvalue weighted by molar-refractivity contribution is 6.23. The standard InChI is InChI=1S/C20H22N2O2/c1-4-15-9-5-6-10-16(15)21-17-12-19(23)22(20(17)24)18-11-7-8-13(2)14(18)3/h5-11,17,21H,4,12H2,1-3H3. The van der Waals surface area contributed by atoms with Crippen LogP contribution in [0.2, 0.25) is 0 Å². The van der Waals surface area contributed by atoms with Crippen molar-refractivity contribution in [3.8, 4) is 0 Å². The lowest BCUT2D eigenvalue weighted by molar-refractivity contribution is -0.121. The summed E-state index contributed by atoms with van der Waals surface area (Å²) in [6, 6.07) is 13.1. The van der Waals surface area contributed by atoms with Crippen LogP contribution in [-0.2, 0) is 16.0 Å². The van der Waals surface area contributed by atoms with Gasteiger partial charge in [-0.1, -0.05) is 37.3 Å². The number of para-hydroxylation sites is 1. The SMILES string of the molecule is CCc1ccccc1NC1CC(=O)N(c2cccc(C)c2C)C1=O. The molecule has 1 saturated heterocycles. The van der Waals surface area contributed by atoms with Gasteiger partial charge in [0.25, 0.3) is 5.91 Å². The van der Waals surface area contributed by atoms with Gasteiger partial charge in [-0.2, -0.15) is 0 Å². The van der Waals surface area contributed by atoms with E-state index in [-0.39, 0.29) is 18.2 Å². The Morgan fingerprint density at radius 3 is 2.58 bits per heavy atom. The minimum absolute atomic E-state index is 0.153. The maximum Gasteiger partial charge on any atom is 0.256 e. The van der Waals surface area contributed by atoms with Crippen LogP contribution >= 0.6 is 0 Å². The normalized spacial score (nSPS) is 17.5. The highest BCUT2D eigenvalue weighted by atomic mass is 16.2. The summed E-state index contributed by atoms with van der Waals surface area (Å²) in [5, 5.41) is 3.26. The fourth-order valence-electron chi connectivity index (χ4n) is 3.13. The molecule has 1 aliphatic heterocycles. The summed E-state index contributed by atoms with van der Waals surface area (Å²) in [6.45, 7) is 6.00. The average Bonchev–Trinajstić information content (AvgIpc) is 2.85. The summed E-state index contributed by atoms with van der Waals surface area (Å²) in [5.74, 6) is -0.334. The van der Waals surface area contributed by atoms with Gasteiger partial charge in [0.15, 0.2) is 0 Å². The van der Waals surface area contributed by atoms with E-state index in [9.17, 15) is 9.59 Å². The van der Waals surface area contributed by atoms with Crippen molar-refractivity contribution in [2.45, 2.75) is 39.7 Å². The van der Waals surface area contributed by atoms with E-state index in [0.29, 0.717) is 5.69 Å². The summed E-state index contributed by atoms with van der Waals surface area (Å²) >= 11 is 0. The molecule has 124 valence electrons. The maximum atomic E-state index is 12.8. The van der Waals surface area contributed by atoms with E-state index in [1.165, 1.54) is 4.90 Å². The van der Waals surface area contributed by atoms with Crippen molar-refractivity contribution in [3.05, 3.63) is 59.2 Å². The van der Waals surface area contributed by atoms with Crippen molar-refractivity contribution >= 4 is 23.2 Å². The zero-order valence-electron chi connectivity index (χ0n) is 14.3. The third-order valence-electron chi connectivity index (χ3n) is 4.69. The Balaban J connectivity index is 1.88. The summed E-state index contributed by atoms with van der Waals surface area (Å²) in [6.07, 6.45) is 1.06. The van der Waals surface area contributed by atoms with E-state index in [0.717, 1.165) is 28.8 Å². The number of nitrogens with one attached hydrogen (secondary N) is 1. The van der Waals surface area contributed by atoms with Crippen molar-refractivity contribution < 1.29 is 9.59 Å². The number of amides is 2. The van der Waals surface area contributed by atoms with Crippen molar-refractivity contribution in [3.63, 3.8) is 0 Å². The minimum atomic E-state index is -0.509. The molecule has 2 amide bonds. The summed E-state index contributed by atoms with van der Waals surface area (Å²) in [7, 11) is 0. The molecular formula is C20H22N2O2. The molecule has 1 aliphatic rings. The number of carbonyl (C=O) groups is 2. The lowest BCUT2D eigenvalue weighted by atomic mass is 10.1. The predicted molar refractivity (Wildman–Crippen MR) is 96.3 cm³/mol. The Hall–Kier alpha value is -2.62. The highest BCUT2D eigenvalue weighted by Gasteiger charge is 2.40. The number of hydrogen-bond acceptors (Lipinski definition) is 3. The van der Waals surface area contributed by atoms with Crippen molar-refractivity contribution in [2.75, 3.05) is 10.2 Å². The van der Waals surface area contributed by atoms with E-state index >= 15 is 0 Å². The molecule has 2 aromatic rings. The fraction of sp³-hybridized carbons (Fsp3) is 0.300. The van der Waals surface area contributed by atoms with Gasteiger partial charge in [0.1, 0.15) is 6.04 Å². The molecule has 4 nitrogen and oxygen atoms in total. The lowest BCUT2D eigenvalue weighted by Gasteiger charge is -2.19. The first kappa shape index (κ1) is 16.2. The van der Waals surface area contributed by atoms with Crippen LogP contribution < -0.4 is 10.2 Å². The summed E-state index contributed by atoms with van der Waals surface area (Å²) < 4.78 is 0. The van der Waals surface area contributed by atoms with Gasteiger partial charge >= 0.3 is 0 Å². The summed E-state index contributed by atoms with van der Waals surface area (Å²) in [4.78, 5) is 26.6. The molecule has 0 spiro atoms. The van der Waals surface area contributed by atoms with Gasteiger partial charge in [-0.15, -0.1) is 0 Å². The molecule has 1 heterocycles. The van der Waals surface area contributed by atoms with Crippen molar-refractivity contribution in [1.82, 2.24) is 0 Å². The molecule has 0 saturated carbocycles. The van der Waals surface area contributed by atoms with Gasteiger partial charge in [0, 0.05) is 5.69 Å². The van der Waals surface area contributed by atoms with Crippen LogP contribution in [0, 0.1) is 13.8 Å². The number of aryl methyl sites for hydroxylation is 2. The molecule has 0 aromatic heterocycles. The molecule has 0 bridgehead atoms. The monoisotopic (exact) mass is 322 g/mol. The molecule has 0 aliphatic carbocycles. The Morgan fingerprint density at radius 2 is 1.83 bits per heavy atom. The van der Waals surface area contributed by atoms with Crippen LogP contribution in [0.5, 0.6) is 0 Å². The molecule has 1 N–H and O–H groups in total. The predicted octanol–water partition coefficient (Wildman–Crippen LogP) is 3.61. The lowest BCUT2D eigenvalue weighted by Crippen LogP contribution is -2.35. The van der Waals surface area contributed by atoms with Crippen LogP contribution in [0.4, 0.5) is 11.4 Å². The molecule has 1 fully saturated rings. The molecule has 2 aromatic carbocycles. The third-order valence-corrected chi connectivity index (χ3v) is 4.69. The second-order valence-electron chi connectivity index (χ2n) is 6.20. The Labute approximate surface area is 142 Å². The smallest absolute Gasteiger partial charge is 0.256 e. The van der Waals surface area contributed by atoms with E-state index < -0.39 is 6.04 Å². The maximum absolute atomic E-state index is 12.8. The third kappa shape index (κ3) is 2.80. The van der Waals surface area contributed by atoms with Crippen LogP contribution in [0.25, 0.3) is 0 Å². The number of hydrogen-bond donors (Lipinski definition) is 1. The zero-order valence-corrected chi connectivity index (χ0v) is 14.3. The molecule has 0 radical (unpaired) electrons. The Kier molecular flexibility index (Phi) is 4.38. The van der Waals surface area contributed by atoms with Gasteiger partial charge in [-0.3, -0.25) is 9.59 Å². The second-order valence-corrected chi connectivity index (χ2v) is 6.20. The van der Waals surface area contributed by atoms with Gasteiger partial charge in [-0.05, 0) is 49.1 Å². The number of carbonyl (C=O) groups excluding carboxylic acids is 2. The molecule has 4 heteroatoms.